The van der Waals surface area contributed by atoms with Crippen molar-refractivity contribution in [3.8, 4) is 0 Å². The normalized spacial score (nSPS) is 12.6. The zero-order valence-corrected chi connectivity index (χ0v) is 11.3. The van der Waals surface area contributed by atoms with Gasteiger partial charge < -0.3 is 4.55 Å². The van der Waals surface area contributed by atoms with Gasteiger partial charge in [-0.15, -0.1) is 0 Å². The van der Waals surface area contributed by atoms with E-state index in [4.69, 9.17) is 4.55 Å². The number of rotatable bonds is 8. The molecule has 0 heterocycles. The van der Waals surface area contributed by atoms with Crippen LogP contribution in [-0.2, 0) is 17.5 Å². The summed E-state index contributed by atoms with van der Waals surface area (Å²) in [5.41, 5.74) is 1.02. The zero-order chi connectivity index (χ0) is 12.5. The molecule has 1 aromatic rings. The van der Waals surface area contributed by atoms with Gasteiger partial charge in [-0.2, -0.15) is 0 Å². The number of benzene rings is 1. The van der Waals surface area contributed by atoms with Crippen molar-refractivity contribution in [3.05, 3.63) is 29.8 Å². The first-order valence-electron chi connectivity index (χ1n) is 6.44. The van der Waals surface area contributed by atoms with E-state index in [1.807, 2.05) is 18.2 Å². The lowest BCUT2D eigenvalue weighted by atomic mass is 10.1. The van der Waals surface area contributed by atoms with Gasteiger partial charge in [-0.25, -0.2) is 4.21 Å². The van der Waals surface area contributed by atoms with Gasteiger partial charge in [-0.05, 0) is 24.5 Å². The third-order valence-electron chi connectivity index (χ3n) is 2.96. The van der Waals surface area contributed by atoms with Gasteiger partial charge in [-0.3, -0.25) is 0 Å². The molecule has 0 aliphatic carbocycles. The molecule has 0 saturated heterocycles. The molecule has 1 atom stereocenters. The second kappa shape index (κ2) is 8.43. The van der Waals surface area contributed by atoms with Crippen LogP contribution in [0.25, 0.3) is 0 Å². The van der Waals surface area contributed by atoms with Gasteiger partial charge in [0.05, 0.1) is 4.90 Å². The highest BCUT2D eigenvalue weighted by Crippen LogP contribution is 2.16. The fourth-order valence-corrected chi connectivity index (χ4v) is 2.57. The number of aryl methyl sites for hydroxylation is 1. The molecule has 1 aromatic carbocycles. The van der Waals surface area contributed by atoms with E-state index in [0.29, 0.717) is 4.90 Å². The van der Waals surface area contributed by atoms with Gasteiger partial charge in [0, 0.05) is 0 Å². The van der Waals surface area contributed by atoms with Gasteiger partial charge >= 0.3 is 0 Å². The van der Waals surface area contributed by atoms with Gasteiger partial charge in [0.2, 0.25) is 0 Å². The minimum atomic E-state index is -1.85. The van der Waals surface area contributed by atoms with Gasteiger partial charge in [0.15, 0.2) is 11.1 Å². The maximum Gasteiger partial charge on any atom is 0.186 e. The van der Waals surface area contributed by atoms with Crippen LogP contribution in [0.15, 0.2) is 29.2 Å². The Bertz CT molecular complexity index is 350. The lowest BCUT2D eigenvalue weighted by Gasteiger charge is -2.05. The first-order valence-corrected chi connectivity index (χ1v) is 7.55. The van der Waals surface area contributed by atoms with Gasteiger partial charge in [-0.1, -0.05) is 57.2 Å². The number of hydrogen-bond donors (Lipinski definition) is 1. The van der Waals surface area contributed by atoms with Crippen molar-refractivity contribution in [2.75, 3.05) is 0 Å². The van der Waals surface area contributed by atoms with Crippen molar-refractivity contribution in [2.24, 2.45) is 0 Å². The predicted octanol–water partition coefficient (Wildman–Crippen LogP) is 4.17. The van der Waals surface area contributed by atoms with Crippen molar-refractivity contribution in [2.45, 2.75) is 56.8 Å². The Morgan fingerprint density at radius 1 is 1.06 bits per heavy atom. The molecule has 1 N–H and O–H groups in total. The summed E-state index contributed by atoms with van der Waals surface area (Å²) in [6.45, 7) is 2.22. The first-order chi connectivity index (χ1) is 8.25. The Morgan fingerprint density at radius 3 is 2.41 bits per heavy atom. The van der Waals surface area contributed by atoms with Crippen LogP contribution < -0.4 is 0 Å². The molecule has 1 rings (SSSR count). The fraction of sp³-hybridized carbons (Fsp3) is 0.571. The maximum atomic E-state index is 11.1. The average Bonchev–Trinajstić information content (AvgIpc) is 2.34. The highest BCUT2D eigenvalue weighted by molar-refractivity contribution is 7.79. The Kier molecular flexibility index (Phi) is 7.13. The van der Waals surface area contributed by atoms with Crippen molar-refractivity contribution in [1.82, 2.24) is 0 Å². The molecule has 3 heteroatoms. The summed E-state index contributed by atoms with van der Waals surface area (Å²) in [4.78, 5) is 0.570. The first kappa shape index (κ1) is 14.4. The lowest BCUT2D eigenvalue weighted by molar-refractivity contribution is 0.561. The van der Waals surface area contributed by atoms with Crippen LogP contribution in [0.1, 0.15) is 51.0 Å². The second-order valence-electron chi connectivity index (χ2n) is 4.37. The summed E-state index contributed by atoms with van der Waals surface area (Å²) in [5, 5.41) is 0. The second-order valence-corrected chi connectivity index (χ2v) is 5.31. The molecule has 0 aromatic heterocycles. The summed E-state index contributed by atoms with van der Waals surface area (Å²) in [7, 11) is 0. The summed E-state index contributed by atoms with van der Waals surface area (Å²) >= 11 is -1.85. The molecular weight excluding hydrogens is 232 g/mol. The van der Waals surface area contributed by atoms with Crippen LogP contribution >= 0.6 is 0 Å². The van der Waals surface area contributed by atoms with Crippen LogP contribution in [-0.4, -0.2) is 8.76 Å². The predicted molar refractivity (Wildman–Crippen MR) is 72.6 cm³/mol. The minimum Gasteiger partial charge on any atom is -0.302 e. The molecule has 0 aliphatic heterocycles. The summed E-state index contributed by atoms with van der Waals surface area (Å²) in [5.74, 6) is 0. The standard InChI is InChI=1S/C14H22O2S/c1-2-3-4-5-6-7-10-13-11-8-9-12-14(13)17(15)16/h8-9,11-12H,2-7,10H2,1H3,(H,15,16). The molecule has 0 fully saturated rings. The van der Waals surface area contributed by atoms with Gasteiger partial charge in [0.25, 0.3) is 0 Å². The Morgan fingerprint density at radius 2 is 1.71 bits per heavy atom. The molecule has 0 amide bonds. The highest BCUT2D eigenvalue weighted by atomic mass is 32.2. The molecule has 17 heavy (non-hydrogen) atoms. The Balaban J connectivity index is 2.34. The van der Waals surface area contributed by atoms with Gasteiger partial charge in [0.1, 0.15) is 0 Å². The van der Waals surface area contributed by atoms with E-state index in [0.717, 1.165) is 18.4 Å². The van der Waals surface area contributed by atoms with Crippen LogP contribution in [0.3, 0.4) is 0 Å². The summed E-state index contributed by atoms with van der Waals surface area (Å²) in [6.07, 6.45) is 8.41. The molecule has 2 nitrogen and oxygen atoms in total. The van der Waals surface area contributed by atoms with E-state index >= 15 is 0 Å². The third kappa shape index (κ3) is 5.46. The van der Waals surface area contributed by atoms with Crippen molar-refractivity contribution in [1.29, 1.82) is 0 Å². The van der Waals surface area contributed by atoms with Crippen molar-refractivity contribution < 1.29 is 8.76 Å². The van der Waals surface area contributed by atoms with E-state index in [1.54, 1.807) is 6.07 Å². The van der Waals surface area contributed by atoms with Crippen LogP contribution in [0, 0.1) is 0 Å². The van der Waals surface area contributed by atoms with Crippen LogP contribution in [0.4, 0.5) is 0 Å². The average molecular weight is 254 g/mol. The highest BCUT2D eigenvalue weighted by Gasteiger charge is 2.06. The van der Waals surface area contributed by atoms with E-state index in [2.05, 4.69) is 6.92 Å². The third-order valence-corrected chi connectivity index (χ3v) is 3.73. The molecular formula is C14H22O2S. The Hall–Kier alpha value is -0.670. The minimum absolute atomic E-state index is 0.570. The molecule has 0 bridgehead atoms. The number of unbranched alkanes of at least 4 members (excludes halogenated alkanes) is 5. The van der Waals surface area contributed by atoms with E-state index < -0.39 is 11.1 Å². The molecule has 1 unspecified atom stereocenters. The van der Waals surface area contributed by atoms with Crippen molar-refractivity contribution >= 4 is 11.1 Å². The Labute approximate surface area is 107 Å². The molecule has 0 radical (unpaired) electrons. The van der Waals surface area contributed by atoms with Crippen LogP contribution in [0.5, 0.6) is 0 Å². The van der Waals surface area contributed by atoms with E-state index in [-0.39, 0.29) is 0 Å². The maximum absolute atomic E-state index is 11.1. The molecule has 0 spiro atoms. The smallest absolute Gasteiger partial charge is 0.186 e. The SMILES string of the molecule is CCCCCCCCc1ccccc1S(=O)O. The molecule has 0 aliphatic rings. The van der Waals surface area contributed by atoms with E-state index in [9.17, 15) is 4.21 Å². The summed E-state index contributed by atoms with van der Waals surface area (Å²) in [6, 6.07) is 7.44. The fourth-order valence-electron chi connectivity index (χ4n) is 1.98. The quantitative estimate of drug-likeness (QED) is 0.558. The largest absolute Gasteiger partial charge is 0.302 e. The molecule has 96 valence electrons. The topological polar surface area (TPSA) is 37.3 Å². The number of hydrogen-bond acceptors (Lipinski definition) is 1. The van der Waals surface area contributed by atoms with E-state index in [1.165, 1.54) is 32.1 Å². The van der Waals surface area contributed by atoms with Crippen LogP contribution in [0.2, 0.25) is 0 Å². The zero-order valence-electron chi connectivity index (χ0n) is 10.5. The molecule has 0 saturated carbocycles. The summed E-state index contributed by atoms with van der Waals surface area (Å²) < 4.78 is 20.3. The van der Waals surface area contributed by atoms with Crippen molar-refractivity contribution in [3.63, 3.8) is 0 Å². The lowest BCUT2D eigenvalue weighted by Crippen LogP contribution is -1.96. The monoisotopic (exact) mass is 254 g/mol.